The molecule has 2 aliphatic heterocycles. The first-order valence-corrected chi connectivity index (χ1v) is 8.88. The van der Waals surface area contributed by atoms with Gasteiger partial charge in [0, 0.05) is 29.8 Å². The summed E-state index contributed by atoms with van der Waals surface area (Å²) in [5.41, 5.74) is 4.26. The molecule has 1 aromatic rings. The Morgan fingerprint density at radius 1 is 1.24 bits per heavy atom. The molecule has 114 valence electrons. The Balaban J connectivity index is 1.64. The summed E-state index contributed by atoms with van der Waals surface area (Å²) < 4.78 is 6.24. The second-order valence-electron chi connectivity index (χ2n) is 7.13. The highest BCUT2D eigenvalue weighted by Crippen LogP contribution is 2.50. The van der Waals surface area contributed by atoms with Crippen molar-refractivity contribution in [2.75, 3.05) is 11.9 Å². The molecule has 2 nitrogen and oxygen atoms in total. The highest BCUT2D eigenvalue weighted by atomic mass is 16.5. The molecule has 2 heterocycles. The lowest BCUT2D eigenvalue weighted by atomic mass is 9.78. The van der Waals surface area contributed by atoms with E-state index in [9.17, 15) is 0 Å². The van der Waals surface area contributed by atoms with Crippen LogP contribution in [-0.2, 0) is 11.2 Å². The largest absolute Gasteiger partial charge is 0.381 e. The number of aryl methyl sites for hydroxylation is 1. The van der Waals surface area contributed by atoms with E-state index in [2.05, 4.69) is 30.4 Å². The highest BCUT2D eigenvalue weighted by Gasteiger charge is 2.45. The van der Waals surface area contributed by atoms with Crippen LogP contribution in [0, 0.1) is 11.8 Å². The standard InChI is InChI=1S/C19H27NO/c1-2-3-5-13-7-10-17-16(12-13)19-15(6-4-11-21-19)18(20-17)14-8-9-14/h7,10,12,14-15,18-20H,2-6,8-9,11H2,1H3/t15-,18+,19-/m0/s1. The minimum absolute atomic E-state index is 0.349. The Kier molecular flexibility index (Phi) is 3.66. The van der Waals surface area contributed by atoms with E-state index in [-0.39, 0.29) is 0 Å². The predicted molar refractivity (Wildman–Crippen MR) is 86.6 cm³/mol. The molecule has 0 unspecified atom stereocenters. The lowest BCUT2D eigenvalue weighted by molar-refractivity contribution is -0.0399. The van der Waals surface area contributed by atoms with Gasteiger partial charge in [0.2, 0.25) is 0 Å². The zero-order valence-corrected chi connectivity index (χ0v) is 13.1. The summed E-state index contributed by atoms with van der Waals surface area (Å²) in [5.74, 6) is 1.59. The number of rotatable bonds is 4. The number of ether oxygens (including phenoxy) is 1. The highest BCUT2D eigenvalue weighted by molar-refractivity contribution is 5.57. The van der Waals surface area contributed by atoms with Crippen molar-refractivity contribution in [2.45, 2.75) is 64.0 Å². The SMILES string of the molecule is CCCCc1ccc2c(c1)[C@H]1OCCC[C@H]1[C@@H](C1CC1)N2. The Morgan fingerprint density at radius 3 is 2.95 bits per heavy atom. The van der Waals surface area contributed by atoms with Crippen LogP contribution >= 0.6 is 0 Å². The van der Waals surface area contributed by atoms with Gasteiger partial charge in [-0.1, -0.05) is 25.5 Å². The van der Waals surface area contributed by atoms with Gasteiger partial charge < -0.3 is 10.1 Å². The van der Waals surface area contributed by atoms with Crippen LogP contribution < -0.4 is 5.32 Å². The second kappa shape index (κ2) is 5.64. The Morgan fingerprint density at radius 2 is 2.14 bits per heavy atom. The fraction of sp³-hybridized carbons (Fsp3) is 0.684. The fourth-order valence-corrected chi connectivity index (χ4v) is 4.22. The second-order valence-corrected chi connectivity index (χ2v) is 7.13. The number of hydrogen-bond donors (Lipinski definition) is 1. The summed E-state index contributed by atoms with van der Waals surface area (Å²) >= 11 is 0. The Bertz CT molecular complexity index is 508. The molecule has 1 saturated heterocycles. The molecular weight excluding hydrogens is 258 g/mol. The van der Waals surface area contributed by atoms with Crippen molar-refractivity contribution in [3.63, 3.8) is 0 Å². The molecule has 0 amide bonds. The van der Waals surface area contributed by atoms with Gasteiger partial charge in [-0.15, -0.1) is 0 Å². The van der Waals surface area contributed by atoms with Crippen molar-refractivity contribution in [1.82, 2.24) is 0 Å². The molecule has 1 aliphatic carbocycles. The number of fused-ring (bicyclic) bond motifs is 3. The summed E-state index contributed by atoms with van der Waals surface area (Å²) in [6, 6.07) is 7.70. The summed E-state index contributed by atoms with van der Waals surface area (Å²) in [6.07, 6.45) is 9.48. The molecule has 1 N–H and O–H groups in total. The van der Waals surface area contributed by atoms with Gasteiger partial charge in [0.1, 0.15) is 0 Å². The maximum Gasteiger partial charge on any atom is 0.0892 e. The first kappa shape index (κ1) is 13.6. The molecule has 0 spiro atoms. The third kappa shape index (κ3) is 2.59. The molecule has 3 atom stereocenters. The summed E-state index contributed by atoms with van der Waals surface area (Å²) in [7, 11) is 0. The van der Waals surface area contributed by atoms with Crippen molar-refractivity contribution in [2.24, 2.45) is 11.8 Å². The van der Waals surface area contributed by atoms with Gasteiger partial charge in [-0.2, -0.15) is 0 Å². The molecule has 0 radical (unpaired) electrons. The number of anilines is 1. The van der Waals surface area contributed by atoms with Crippen LogP contribution in [-0.4, -0.2) is 12.6 Å². The number of benzene rings is 1. The maximum absolute atomic E-state index is 6.24. The lowest BCUT2D eigenvalue weighted by Gasteiger charge is -2.43. The van der Waals surface area contributed by atoms with E-state index in [0.29, 0.717) is 18.1 Å². The number of hydrogen-bond acceptors (Lipinski definition) is 2. The molecule has 1 aromatic carbocycles. The smallest absolute Gasteiger partial charge is 0.0892 e. The molecule has 3 aliphatic rings. The van der Waals surface area contributed by atoms with Gasteiger partial charge >= 0.3 is 0 Å². The van der Waals surface area contributed by atoms with Crippen molar-refractivity contribution >= 4 is 5.69 Å². The summed E-state index contributed by atoms with van der Waals surface area (Å²) in [5, 5.41) is 3.86. The maximum atomic E-state index is 6.24. The molecule has 4 rings (SSSR count). The molecule has 2 fully saturated rings. The van der Waals surface area contributed by atoms with Crippen molar-refractivity contribution in [3.05, 3.63) is 29.3 Å². The van der Waals surface area contributed by atoms with E-state index in [1.165, 1.54) is 61.8 Å². The van der Waals surface area contributed by atoms with Crippen LogP contribution in [0.3, 0.4) is 0 Å². The molecule has 21 heavy (non-hydrogen) atoms. The minimum Gasteiger partial charge on any atom is -0.381 e. The van der Waals surface area contributed by atoms with E-state index >= 15 is 0 Å². The van der Waals surface area contributed by atoms with Gasteiger partial charge in [-0.05, 0) is 56.1 Å². The Hall–Kier alpha value is -1.02. The van der Waals surface area contributed by atoms with Gasteiger partial charge in [0.05, 0.1) is 6.10 Å². The average Bonchev–Trinajstić information content (AvgIpc) is 3.37. The van der Waals surface area contributed by atoms with E-state index in [1.54, 1.807) is 0 Å². The van der Waals surface area contributed by atoms with Crippen LogP contribution in [0.15, 0.2) is 18.2 Å². The topological polar surface area (TPSA) is 21.3 Å². The zero-order valence-electron chi connectivity index (χ0n) is 13.1. The van der Waals surface area contributed by atoms with Crippen LogP contribution in [0.2, 0.25) is 0 Å². The van der Waals surface area contributed by atoms with Gasteiger partial charge in [0.15, 0.2) is 0 Å². The molecular formula is C19H27NO. The van der Waals surface area contributed by atoms with E-state index in [1.807, 2.05) is 0 Å². The third-order valence-corrected chi connectivity index (χ3v) is 5.52. The Labute approximate surface area is 128 Å². The summed E-state index contributed by atoms with van der Waals surface area (Å²) in [6.45, 7) is 3.21. The number of nitrogens with one attached hydrogen (secondary N) is 1. The number of unbranched alkanes of at least 4 members (excludes halogenated alkanes) is 1. The van der Waals surface area contributed by atoms with Crippen molar-refractivity contribution < 1.29 is 4.74 Å². The molecule has 2 heteroatoms. The lowest BCUT2D eigenvalue weighted by Crippen LogP contribution is -2.42. The monoisotopic (exact) mass is 285 g/mol. The molecule has 0 bridgehead atoms. The quantitative estimate of drug-likeness (QED) is 0.865. The van der Waals surface area contributed by atoms with Crippen molar-refractivity contribution in [3.8, 4) is 0 Å². The predicted octanol–water partition coefficient (Wildman–Crippen LogP) is 4.70. The first-order chi connectivity index (χ1) is 10.4. The van der Waals surface area contributed by atoms with Gasteiger partial charge in [-0.25, -0.2) is 0 Å². The summed E-state index contributed by atoms with van der Waals surface area (Å²) in [4.78, 5) is 0. The van der Waals surface area contributed by atoms with Crippen LogP contribution in [0.1, 0.15) is 62.7 Å². The van der Waals surface area contributed by atoms with Crippen LogP contribution in [0.4, 0.5) is 5.69 Å². The van der Waals surface area contributed by atoms with Crippen molar-refractivity contribution in [1.29, 1.82) is 0 Å². The normalized spacial score (nSPS) is 31.2. The van der Waals surface area contributed by atoms with Gasteiger partial charge in [0.25, 0.3) is 0 Å². The molecule has 1 saturated carbocycles. The average molecular weight is 285 g/mol. The van der Waals surface area contributed by atoms with E-state index in [0.717, 1.165) is 12.5 Å². The molecule has 0 aromatic heterocycles. The minimum atomic E-state index is 0.349. The van der Waals surface area contributed by atoms with Crippen LogP contribution in [0.25, 0.3) is 0 Å². The van der Waals surface area contributed by atoms with E-state index < -0.39 is 0 Å². The zero-order chi connectivity index (χ0) is 14.2. The van der Waals surface area contributed by atoms with E-state index in [4.69, 9.17) is 4.74 Å². The van der Waals surface area contributed by atoms with Gasteiger partial charge in [-0.3, -0.25) is 0 Å². The van der Waals surface area contributed by atoms with Crippen LogP contribution in [0.5, 0.6) is 0 Å². The first-order valence-electron chi connectivity index (χ1n) is 8.88. The third-order valence-electron chi connectivity index (χ3n) is 5.52. The fourth-order valence-electron chi connectivity index (χ4n) is 4.22.